The third kappa shape index (κ3) is 3.70. The fraction of sp³-hybridized carbons (Fsp3) is 0.250. The summed E-state index contributed by atoms with van der Waals surface area (Å²) >= 11 is 0.822. The predicted octanol–water partition coefficient (Wildman–Crippen LogP) is 1.32. The van der Waals surface area contributed by atoms with E-state index in [0.29, 0.717) is 0 Å². The molecule has 6 nitrogen and oxygen atoms in total. The first-order valence-electron chi connectivity index (χ1n) is 5.91. The number of halogens is 3. The predicted molar refractivity (Wildman–Crippen MR) is 67.9 cm³/mol. The number of thioether (sulfide) groups is 1. The normalized spacial score (nSPS) is 11.5. The highest BCUT2D eigenvalue weighted by Gasteiger charge is 2.33. The molecule has 2 aromatic rings. The number of anilines is 1. The van der Waals surface area contributed by atoms with Crippen LogP contribution in [0.3, 0.4) is 0 Å². The summed E-state index contributed by atoms with van der Waals surface area (Å²) < 4.78 is 43.9. The second-order valence-corrected chi connectivity index (χ2v) is 5.13. The minimum absolute atomic E-state index is 0.0826. The Bertz CT molecular complexity index is 668. The number of carbonyl (C=O) groups is 1. The van der Waals surface area contributed by atoms with Crippen LogP contribution in [-0.2, 0) is 18.0 Å². The highest BCUT2D eigenvalue weighted by Crippen LogP contribution is 2.34. The van der Waals surface area contributed by atoms with E-state index in [2.05, 4.69) is 15.1 Å². The van der Waals surface area contributed by atoms with Gasteiger partial charge in [0.25, 0.3) is 5.03 Å². The van der Waals surface area contributed by atoms with E-state index in [4.69, 9.17) is 0 Å². The van der Waals surface area contributed by atoms with E-state index in [9.17, 15) is 23.1 Å². The Labute approximate surface area is 126 Å². The molecule has 0 bridgehead atoms. The molecule has 0 radical (unpaired) electrons. The zero-order valence-corrected chi connectivity index (χ0v) is 12.0. The molecule has 22 heavy (non-hydrogen) atoms. The Hall–Kier alpha value is -2.23. The lowest BCUT2D eigenvalue weighted by atomic mass is 10.1. The number of nitrogens with zero attached hydrogens (tertiary/aromatic N) is 2. The topological polar surface area (TPSA) is 82.1 Å². The Morgan fingerprint density at radius 3 is 2.73 bits per heavy atom. The molecule has 118 valence electrons. The van der Waals surface area contributed by atoms with Crippen molar-refractivity contribution in [1.82, 2.24) is 5.27 Å². The molecule has 0 unspecified atom stereocenters. The maximum Gasteiger partial charge on any atom is 0.418 e. The molecule has 1 aromatic heterocycles. The van der Waals surface area contributed by atoms with Crippen LogP contribution in [0.4, 0.5) is 18.9 Å². The standard InChI is InChI=1S/C12H10F3N3O3S/c1-18-10(11(20)21-17-18)22-6-9(19)16-8-5-3-2-4-7(8)12(13,14)15/h2-5H,6H2,1H3,(H-,16,17,19,20). The second-order valence-electron chi connectivity index (χ2n) is 4.17. The van der Waals surface area contributed by atoms with Gasteiger partial charge in [-0.05, 0) is 23.9 Å². The van der Waals surface area contributed by atoms with Gasteiger partial charge in [-0.15, -0.1) is 0 Å². The highest BCUT2D eigenvalue weighted by molar-refractivity contribution is 7.99. The van der Waals surface area contributed by atoms with E-state index in [1.54, 1.807) is 0 Å². The molecule has 0 atom stereocenters. The Morgan fingerprint density at radius 2 is 2.14 bits per heavy atom. The molecule has 1 aromatic carbocycles. The zero-order chi connectivity index (χ0) is 16.3. The van der Waals surface area contributed by atoms with Gasteiger partial charge in [0.2, 0.25) is 5.91 Å². The number of benzene rings is 1. The van der Waals surface area contributed by atoms with Crippen molar-refractivity contribution >= 4 is 23.4 Å². The van der Waals surface area contributed by atoms with Crippen LogP contribution in [-0.4, -0.2) is 16.9 Å². The minimum atomic E-state index is -4.57. The van der Waals surface area contributed by atoms with E-state index in [1.165, 1.54) is 19.2 Å². The zero-order valence-electron chi connectivity index (χ0n) is 11.2. The lowest BCUT2D eigenvalue weighted by Gasteiger charge is -2.13. The minimum Gasteiger partial charge on any atom is -0.538 e. The molecule has 0 fully saturated rings. The van der Waals surface area contributed by atoms with Gasteiger partial charge in [0, 0.05) is 0 Å². The lowest BCUT2D eigenvalue weighted by molar-refractivity contribution is -0.772. The molecule has 1 N–H and O–H groups in total. The Morgan fingerprint density at radius 1 is 1.45 bits per heavy atom. The van der Waals surface area contributed by atoms with Crippen LogP contribution in [0, 0.1) is 0 Å². The van der Waals surface area contributed by atoms with Gasteiger partial charge in [-0.1, -0.05) is 16.8 Å². The summed E-state index contributed by atoms with van der Waals surface area (Å²) in [6.07, 6.45) is -4.57. The summed E-state index contributed by atoms with van der Waals surface area (Å²) in [6.45, 7) is 0. The number of aromatic nitrogens is 2. The van der Waals surface area contributed by atoms with Gasteiger partial charge in [-0.25, -0.2) is 0 Å². The monoisotopic (exact) mass is 333 g/mol. The number of nitrogens with one attached hydrogen (secondary N) is 1. The summed E-state index contributed by atoms with van der Waals surface area (Å²) in [6, 6.07) is 4.64. The third-order valence-electron chi connectivity index (χ3n) is 2.56. The van der Waals surface area contributed by atoms with Crippen molar-refractivity contribution < 1.29 is 32.3 Å². The second kappa shape index (κ2) is 6.26. The quantitative estimate of drug-likeness (QED) is 0.674. The lowest BCUT2D eigenvalue weighted by Crippen LogP contribution is -2.32. The van der Waals surface area contributed by atoms with E-state index in [0.717, 1.165) is 28.6 Å². The van der Waals surface area contributed by atoms with Crippen LogP contribution in [0.5, 0.6) is 5.95 Å². The Balaban J connectivity index is 2.04. The van der Waals surface area contributed by atoms with Crippen molar-refractivity contribution in [3.8, 4) is 5.95 Å². The molecular formula is C12H10F3N3O3S. The molecule has 1 heterocycles. The van der Waals surface area contributed by atoms with E-state index >= 15 is 0 Å². The summed E-state index contributed by atoms with van der Waals surface area (Å²) in [4.78, 5) is 11.7. The van der Waals surface area contributed by atoms with Crippen molar-refractivity contribution in [2.45, 2.75) is 11.2 Å². The van der Waals surface area contributed by atoms with Crippen LogP contribution < -0.4 is 15.1 Å². The average molecular weight is 333 g/mol. The van der Waals surface area contributed by atoms with E-state index in [1.807, 2.05) is 0 Å². The number of amides is 1. The Kier molecular flexibility index (Phi) is 4.59. The molecule has 1 amide bonds. The molecule has 0 spiro atoms. The van der Waals surface area contributed by atoms with Crippen LogP contribution in [0.1, 0.15) is 5.56 Å². The van der Waals surface area contributed by atoms with Crippen LogP contribution in [0.2, 0.25) is 0 Å². The summed E-state index contributed by atoms with van der Waals surface area (Å²) in [5, 5.41) is 16.9. The van der Waals surface area contributed by atoms with E-state index < -0.39 is 23.6 Å². The SMILES string of the molecule is C[n+]1noc([O-])c1SCC(=O)Nc1ccccc1C(F)(F)F. The molecular weight excluding hydrogens is 323 g/mol. The molecule has 0 aliphatic rings. The van der Waals surface area contributed by atoms with E-state index in [-0.39, 0.29) is 16.5 Å². The first kappa shape index (κ1) is 16.1. The first-order valence-corrected chi connectivity index (χ1v) is 6.89. The van der Waals surface area contributed by atoms with Gasteiger partial charge in [0.1, 0.15) is 0 Å². The largest absolute Gasteiger partial charge is 0.538 e. The average Bonchev–Trinajstić information content (AvgIpc) is 2.75. The van der Waals surface area contributed by atoms with Crippen molar-refractivity contribution in [3.63, 3.8) is 0 Å². The van der Waals surface area contributed by atoms with Crippen molar-refractivity contribution in [2.24, 2.45) is 7.05 Å². The summed E-state index contributed by atoms with van der Waals surface area (Å²) in [7, 11) is 1.45. The molecule has 0 saturated carbocycles. The highest BCUT2D eigenvalue weighted by atomic mass is 32.2. The van der Waals surface area contributed by atoms with Crippen molar-refractivity contribution in [1.29, 1.82) is 0 Å². The summed E-state index contributed by atoms with van der Waals surface area (Å²) in [5.74, 6) is -1.64. The van der Waals surface area contributed by atoms with Crippen LogP contribution >= 0.6 is 11.8 Å². The van der Waals surface area contributed by atoms with Gasteiger partial charge in [0.15, 0.2) is 13.0 Å². The maximum absolute atomic E-state index is 12.8. The summed E-state index contributed by atoms with van der Waals surface area (Å²) in [5.41, 5.74) is -1.27. The molecule has 0 aliphatic heterocycles. The van der Waals surface area contributed by atoms with Crippen molar-refractivity contribution in [2.75, 3.05) is 11.1 Å². The number of hydrogen-bond donors (Lipinski definition) is 1. The molecule has 2 rings (SSSR count). The molecule has 10 heteroatoms. The number of alkyl halides is 3. The van der Waals surface area contributed by atoms with Gasteiger partial charge < -0.3 is 14.9 Å². The van der Waals surface area contributed by atoms with Crippen LogP contribution in [0.25, 0.3) is 0 Å². The third-order valence-corrected chi connectivity index (χ3v) is 3.67. The first-order chi connectivity index (χ1) is 10.3. The number of carbonyl (C=O) groups excluding carboxylic acids is 1. The van der Waals surface area contributed by atoms with Gasteiger partial charge in [-0.3, -0.25) is 4.79 Å². The molecule has 0 aliphatic carbocycles. The smallest absolute Gasteiger partial charge is 0.418 e. The van der Waals surface area contributed by atoms with Crippen LogP contribution in [0.15, 0.2) is 33.8 Å². The van der Waals surface area contributed by atoms with Crippen molar-refractivity contribution in [3.05, 3.63) is 29.8 Å². The van der Waals surface area contributed by atoms with Gasteiger partial charge in [-0.2, -0.15) is 13.2 Å². The number of para-hydroxylation sites is 1. The number of hydrogen-bond acceptors (Lipinski definition) is 5. The molecule has 0 saturated heterocycles. The number of rotatable bonds is 4. The number of aryl methyl sites for hydroxylation is 1. The van der Waals surface area contributed by atoms with Gasteiger partial charge >= 0.3 is 6.18 Å². The fourth-order valence-electron chi connectivity index (χ4n) is 1.62. The maximum atomic E-state index is 12.8. The van der Waals surface area contributed by atoms with Gasteiger partial charge in [0.05, 0.1) is 22.3 Å². The fourth-order valence-corrected chi connectivity index (χ4v) is 2.33.